The summed E-state index contributed by atoms with van der Waals surface area (Å²) in [6, 6.07) is 0. The van der Waals surface area contributed by atoms with E-state index < -0.39 is 0 Å². The quantitative estimate of drug-likeness (QED) is 0.908. The highest BCUT2D eigenvalue weighted by atomic mass is 32.1. The molecule has 1 aromatic rings. The predicted octanol–water partition coefficient (Wildman–Crippen LogP) is 1.77. The molecule has 102 valence electrons. The van der Waals surface area contributed by atoms with Crippen LogP contribution in [-0.2, 0) is 10.2 Å². The van der Waals surface area contributed by atoms with Gasteiger partial charge in [-0.25, -0.2) is 4.98 Å². The summed E-state index contributed by atoms with van der Waals surface area (Å²) in [5, 5.41) is 3.25. The van der Waals surface area contributed by atoms with Crippen LogP contribution in [-0.4, -0.2) is 42.7 Å². The smallest absolute Gasteiger partial charge is 0.123 e. The third-order valence-corrected chi connectivity index (χ3v) is 4.10. The van der Waals surface area contributed by atoms with Crippen LogP contribution in [0.15, 0.2) is 5.38 Å². The van der Waals surface area contributed by atoms with E-state index in [-0.39, 0.29) is 11.5 Å². The maximum absolute atomic E-state index is 5.83. The Kier molecular flexibility index (Phi) is 4.37. The molecule has 2 N–H and O–H groups in total. The minimum Gasteiger partial charge on any atom is -0.368 e. The van der Waals surface area contributed by atoms with E-state index in [2.05, 4.69) is 31.1 Å². The fourth-order valence-electron chi connectivity index (χ4n) is 2.02. The van der Waals surface area contributed by atoms with Gasteiger partial charge in [0.1, 0.15) is 11.1 Å². The van der Waals surface area contributed by atoms with Crippen LogP contribution < -0.4 is 5.73 Å². The molecule has 4 nitrogen and oxygen atoms in total. The molecular weight excluding hydrogens is 246 g/mol. The zero-order valence-corrected chi connectivity index (χ0v) is 12.3. The molecule has 0 amide bonds. The molecule has 1 aromatic heterocycles. The molecule has 2 rings (SSSR count). The first-order valence-corrected chi connectivity index (χ1v) is 7.38. The van der Waals surface area contributed by atoms with Crippen molar-refractivity contribution < 1.29 is 4.74 Å². The number of nitrogens with zero attached hydrogens (tertiary/aromatic N) is 2. The Morgan fingerprint density at radius 3 is 2.94 bits per heavy atom. The number of hydrogen-bond acceptors (Lipinski definition) is 5. The molecule has 1 saturated heterocycles. The minimum atomic E-state index is 0.111. The summed E-state index contributed by atoms with van der Waals surface area (Å²) in [7, 11) is 0. The van der Waals surface area contributed by atoms with Crippen molar-refractivity contribution in [2.24, 2.45) is 5.73 Å². The second kappa shape index (κ2) is 5.65. The Hall–Kier alpha value is -0.490. The summed E-state index contributed by atoms with van der Waals surface area (Å²) in [5.74, 6) is 0. The first kappa shape index (κ1) is 13.9. The number of rotatable bonds is 3. The maximum Gasteiger partial charge on any atom is 0.123 e. The molecule has 5 heteroatoms. The summed E-state index contributed by atoms with van der Waals surface area (Å²) in [6.07, 6.45) is 0.117. The fraction of sp³-hybridized carbons (Fsp3) is 0.769. The summed E-state index contributed by atoms with van der Waals surface area (Å²) < 4.78 is 5.83. The zero-order chi connectivity index (χ0) is 13.2. The summed E-state index contributed by atoms with van der Waals surface area (Å²) in [6.45, 7) is 10.9. The molecule has 0 spiro atoms. The largest absolute Gasteiger partial charge is 0.368 e. The fourth-order valence-corrected chi connectivity index (χ4v) is 3.10. The van der Waals surface area contributed by atoms with Gasteiger partial charge in [0.05, 0.1) is 12.3 Å². The lowest BCUT2D eigenvalue weighted by Gasteiger charge is -2.31. The summed E-state index contributed by atoms with van der Waals surface area (Å²) in [4.78, 5) is 7.09. The lowest BCUT2D eigenvalue weighted by atomic mass is 9.93. The van der Waals surface area contributed by atoms with E-state index in [0.717, 1.165) is 36.9 Å². The van der Waals surface area contributed by atoms with Crippen molar-refractivity contribution in [1.82, 2.24) is 9.88 Å². The maximum atomic E-state index is 5.83. The van der Waals surface area contributed by atoms with E-state index in [1.165, 1.54) is 0 Å². The topological polar surface area (TPSA) is 51.4 Å². The predicted molar refractivity (Wildman–Crippen MR) is 75.0 cm³/mol. The van der Waals surface area contributed by atoms with E-state index in [1.54, 1.807) is 11.3 Å². The van der Waals surface area contributed by atoms with Crippen LogP contribution >= 0.6 is 11.3 Å². The van der Waals surface area contributed by atoms with Crippen molar-refractivity contribution in [3.8, 4) is 0 Å². The van der Waals surface area contributed by atoms with Gasteiger partial charge in [-0.1, -0.05) is 20.8 Å². The van der Waals surface area contributed by atoms with E-state index in [1.807, 2.05) is 0 Å². The summed E-state index contributed by atoms with van der Waals surface area (Å²) >= 11 is 1.71. The first-order chi connectivity index (χ1) is 8.50. The lowest BCUT2D eigenvalue weighted by Crippen LogP contribution is -2.40. The highest BCUT2D eigenvalue weighted by molar-refractivity contribution is 7.09. The van der Waals surface area contributed by atoms with Gasteiger partial charge in [-0.2, -0.15) is 0 Å². The van der Waals surface area contributed by atoms with E-state index in [9.17, 15) is 0 Å². The second-order valence-corrected chi connectivity index (χ2v) is 6.66. The SMILES string of the molecule is CC(C)(C)c1csc(C2CN(CCN)CCO2)n1. The Morgan fingerprint density at radius 1 is 1.56 bits per heavy atom. The van der Waals surface area contributed by atoms with Crippen LogP contribution in [0.2, 0.25) is 0 Å². The molecule has 1 unspecified atom stereocenters. The Labute approximate surface area is 113 Å². The van der Waals surface area contributed by atoms with Crippen LogP contribution in [0.4, 0.5) is 0 Å². The number of nitrogens with two attached hydrogens (primary N) is 1. The van der Waals surface area contributed by atoms with Crippen LogP contribution in [0.5, 0.6) is 0 Å². The lowest BCUT2D eigenvalue weighted by molar-refractivity contribution is -0.0290. The molecule has 1 fully saturated rings. The van der Waals surface area contributed by atoms with Gasteiger partial charge < -0.3 is 10.5 Å². The van der Waals surface area contributed by atoms with Gasteiger partial charge >= 0.3 is 0 Å². The molecule has 0 radical (unpaired) electrons. The number of morpholine rings is 1. The molecular formula is C13H23N3OS. The van der Waals surface area contributed by atoms with E-state index in [0.29, 0.717) is 6.54 Å². The zero-order valence-electron chi connectivity index (χ0n) is 11.5. The second-order valence-electron chi connectivity index (χ2n) is 5.77. The van der Waals surface area contributed by atoms with Gasteiger partial charge in [0, 0.05) is 37.0 Å². The van der Waals surface area contributed by atoms with Crippen molar-refractivity contribution in [2.75, 3.05) is 32.8 Å². The van der Waals surface area contributed by atoms with Gasteiger partial charge in [0.25, 0.3) is 0 Å². The van der Waals surface area contributed by atoms with E-state index in [4.69, 9.17) is 15.5 Å². The normalized spacial score (nSPS) is 22.3. The van der Waals surface area contributed by atoms with E-state index >= 15 is 0 Å². The monoisotopic (exact) mass is 269 g/mol. The molecule has 18 heavy (non-hydrogen) atoms. The number of hydrogen-bond donors (Lipinski definition) is 1. The van der Waals surface area contributed by atoms with Gasteiger partial charge in [0.2, 0.25) is 0 Å². The Balaban J connectivity index is 2.05. The number of ether oxygens (including phenoxy) is 1. The Morgan fingerprint density at radius 2 is 2.33 bits per heavy atom. The molecule has 0 aliphatic carbocycles. The van der Waals surface area contributed by atoms with Crippen molar-refractivity contribution in [3.05, 3.63) is 16.1 Å². The average Bonchev–Trinajstić information content (AvgIpc) is 2.78. The Bertz CT molecular complexity index is 384. The van der Waals surface area contributed by atoms with Gasteiger partial charge in [-0.3, -0.25) is 4.90 Å². The van der Waals surface area contributed by atoms with Crippen molar-refractivity contribution in [3.63, 3.8) is 0 Å². The minimum absolute atomic E-state index is 0.111. The summed E-state index contributed by atoms with van der Waals surface area (Å²) in [5.41, 5.74) is 6.88. The molecule has 1 atom stereocenters. The van der Waals surface area contributed by atoms with Crippen LogP contribution in [0.25, 0.3) is 0 Å². The standard InChI is InChI=1S/C13H23N3OS/c1-13(2,3)11-9-18-12(15-11)10-8-16(5-4-14)6-7-17-10/h9-10H,4-8,14H2,1-3H3. The van der Waals surface area contributed by atoms with Gasteiger partial charge in [-0.15, -0.1) is 11.3 Å². The molecule has 2 heterocycles. The number of thiazole rings is 1. The molecule has 0 aromatic carbocycles. The van der Waals surface area contributed by atoms with Crippen LogP contribution in [0.1, 0.15) is 37.6 Å². The van der Waals surface area contributed by atoms with Crippen molar-refractivity contribution >= 4 is 11.3 Å². The molecule has 1 aliphatic heterocycles. The van der Waals surface area contributed by atoms with Crippen molar-refractivity contribution in [2.45, 2.75) is 32.3 Å². The first-order valence-electron chi connectivity index (χ1n) is 6.50. The molecule has 0 bridgehead atoms. The van der Waals surface area contributed by atoms with Gasteiger partial charge in [-0.05, 0) is 0 Å². The third-order valence-electron chi connectivity index (χ3n) is 3.16. The van der Waals surface area contributed by atoms with Gasteiger partial charge in [0.15, 0.2) is 0 Å². The van der Waals surface area contributed by atoms with Crippen LogP contribution in [0, 0.1) is 0 Å². The third kappa shape index (κ3) is 3.29. The molecule has 0 saturated carbocycles. The van der Waals surface area contributed by atoms with Crippen molar-refractivity contribution in [1.29, 1.82) is 0 Å². The highest BCUT2D eigenvalue weighted by Gasteiger charge is 2.26. The number of aromatic nitrogens is 1. The highest BCUT2D eigenvalue weighted by Crippen LogP contribution is 2.29. The average molecular weight is 269 g/mol. The van der Waals surface area contributed by atoms with Crippen LogP contribution in [0.3, 0.4) is 0 Å². The molecule has 1 aliphatic rings.